The number of nitrogens with one attached hydrogen (secondary N) is 1. The third kappa shape index (κ3) is 3.25. The van der Waals surface area contributed by atoms with E-state index in [0.29, 0.717) is 11.4 Å². The molecule has 2 aromatic heterocycles. The number of aryl methyl sites for hydroxylation is 1. The van der Waals surface area contributed by atoms with Crippen molar-refractivity contribution in [2.24, 2.45) is 0 Å². The summed E-state index contributed by atoms with van der Waals surface area (Å²) in [7, 11) is 0. The van der Waals surface area contributed by atoms with Crippen LogP contribution in [0.2, 0.25) is 0 Å². The molecule has 4 rings (SSSR count). The average molecular weight is 346 g/mol. The van der Waals surface area contributed by atoms with Crippen molar-refractivity contribution in [3.63, 3.8) is 0 Å². The lowest BCUT2D eigenvalue weighted by molar-refractivity contribution is 0.102. The molecule has 3 aromatic rings. The Kier molecular flexibility index (Phi) is 4.52. The number of imidazole rings is 1. The van der Waals surface area contributed by atoms with Gasteiger partial charge in [0.15, 0.2) is 0 Å². The monoisotopic (exact) mass is 346 g/mol. The maximum absolute atomic E-state index is 12.9. The van der Waals surface area contributed by atoms with E-state index in [1.807, 2.05) is 6.07 Å². The molecule has 0 bridgehead atoms. The highest BCUT2D eigenvalue weighted by Gasteiger charge is 2.24. The Morgan fingerprint density at radius 3 is 2.73 bits per heavy atom. The van der Waals surface area contributed by atoms with E-state index in [0.717, 1.165) is 42.9 Å². The smallest absolute Gasteiger partial charge is 0.276 e. The van der Waals surface area contributed by atoms with Crippen LogP contribution in [0.3, 0.4) is 0 Å². The summed E-state index contributed by atoms with van der Waals surface area (Å²) in [4.78, 5) is 21.7. The Labute approximate surface area is 153 Å². The Morgan fingerprint density at radius 2 is 1.96 bits per heavy atom. The number of benzene rings is 1. The van der Waals surface area contributed by atoms with Crippen molar-refractivity contribution >= 4 is 11.6 Å². The van der Waals surface area contributed by atoms with Gasteiger partial charge in [0.25, 0.3) is 5.91 Å². The van der Waals surface area contributed by atoms with Gasteiger partial charge < -0.3 is 9.88 Å². The molecule has 1 amide bonds. The van der Waals surface area contributed by atoms with Crippen molar-refractivity contribution < 1.29 is 4.79 Å². The molecule has 0 saturated carbocycles. The van der Waals surface area contributed by atoms with Crippen LogP contribution in [0, 0.1) is 6.92 Å². The van der Waals surface area contributed by atoms with Crippen LogP contribution in [0.15, 0.2) is 48.8 Å². The minimum Gasteiger partial charge on any atom is -0.327 e. The Bertz CT molecular complexity index is 913. The first-order chi connectivity index (χ1) is 12.7. The van der Waals surface area contributed by atoms with Gasteiger partial charge in [0.2, 0.25) is 0 Å². The van der Waals surface area contributed by atoms with E-state index in [-0.39, 0.29) is 5.91 Å². The molecule has 0 atom stereocenters. The molecule has 5 nitrogen and oxygen atoms in total. The van der Waals surface area contributed by atoms with Crippen LogP contribution in [0.25, 0.3) is 11.4 Å². The van der Waals surface area contributed by atoms with Gasteiger partial charge in [0.05, 0.1) is 17.6 Å². The van der Waals surface area contributed by atoms with Gasteiger partial charge in [-0.15, -0.1) is 0 Å². The largest absolute Gasteiger partial charge is 0.327 e. The fraction of sp³-hybridized carbons (Fsp3) is 0.286. The summed E-state index contributed by atoms with van der Waals surface area (Å²) in [5, 5.41) is 2.93. The lowest BCUT2D eigenvalue weighted by Gasteiger charge is -2.09. The van der Waals surface area contributed by atoms with Gasteiger partial charge in [-0.25, -0.2) is 4.98 Å². The number of aromatic nitrogens is 3. The molecule has 0 spiro atoms. The highest BCUT2D eigenvalue weighted by Crippen LogP contribution is 2.28. The molecular weight excluding hydrogens is 324 g/mol. The van der Waals surface area contributed by atoms with Crippen LogP contribution in [0.1, 0.15) is 41.0 Å². The summed E-state index contributed by atoms with van der Waals surface area (Å²) in [5.41, 5.74) is 4.53. The van der Waals surface area contributed by atoms with E-state index in [9.17, 15) is 4.79 Å². The SMILES string of the molecule is Cc1ccc(-c2nc(C(=O)Nc3cccnc3)c3n2CCCCC3)cc1. The Balaban J connectivity index is 1.74. The Morgan fingerprint density at radius 1 is 1.12 bits per heavy atom. The second-order valence-corrected chi connectivity index (χ2v) is 6.75. The minimum atomic E-state index is -0.165. The van der Waals surface area contributed by atoms with Crippen molar-refractivity contribution in [3.05, 3.63) is 65.7 Å². The average Bonchev–Trinajstić information content (AvgIpc) is 2.85. The van der Waals surface area contributed by atoms with E-state index in [4.69, 9.17) is 4.98 Å². The Hall–Kier alpha value is -2.95. The molecule has 5 heteroatoms. The van der Waals surface area contributed by atoms with Crippen molar-refractivity contribution in [2.75, 3.05) is 5.32 Å². The number of rotatable bonds is 3. The zero-order chi connectivity index (χ0) is 17.9. The normalized spacial score (nSPS) is 13.7. The molecule has 0 unspecified atom stereocenters. The topological polar surface area (TPSA) is 59.8 Å². The number of hydrogen-bond donors (Lipinski definition) is 1. The summed E-state index contributed by atoms with van der Waals surface area (Å²) < 4.78 is 2.23. The molecular formula is C21H22N4O. The zero-order valence-electron chi connectivity index (χ0n) is 14.9. The number of pyridine rings is 1. The summed E-state index contributed by atoms with van der Waals surface area (Å²) in [6, 6.07) is 12.0. The second-order valence-electron chi connectivity index (χ2n) is 6.75. The molecule has 1 aliphatic heterocycles. The minimum absolute atomic E-state index is 0.165. The lowest BCUT2D eigenvalue weighted by Crippen LogP contribution is -2.15. The van der Waals surface area contributed by atoms with Gasteiger partial charge in [-0.1, -0.05) is 36.2 Å². The van der Waals surface area contributed by atoms with Crippen LogP contribution in [-0.2, 0) is 13.0 Å². The molecule has 0 fully saturated rings. The molecule has 26 heavy (non-hydrogen) atoms. The van der Waals surface area contributed by atoms with E-state index < -0.39 is 0 Å². The molecule has 1 aliphatic rings. The predicted molar refractivity (Wildman–Crippen MR) is 102 cm³/mol. The number of carbonyl (C=O) groups is 1. The van der Waals surface area contributed by atoms with E-state index in [1.165, 1.54) is 12.0 Å². The molecule has 0 aliphatic carbocycles. The van der Waals surface area contributed by atoms with Crippen LogP contribution in [0.5, 0.6) is 0 Å². The number of hydrogen-bond acceptors (Lipinski definition) is 3. The molecule has 0 radical (unpaired) electrons. The fourth-order valence-electron chi connectivity index (χ4n) is 3.45. The maximum atomic E-state index is 12.9. The predicted octanol–water partition coefficient (Wildman–Crippen LogP) is 4.23. The van der Waals surface area contributed by atoms with E-state index >= 15 is 0 Å². The summed E-state index contributed by atoms with van der Waals surface area (Å²) >= 11 is 0. The number of carbonyl (C=O) groups excluding carboxylic acids is 1. The molecule has 0 saturated heterocycles. The first-order valence-electron chi connectivity index (χ1n) is 9.10. The molecule has 132 valence electrons. The summed E-state index contributed by atoms with van der Waals surface area (Å²) in [6.45, 7) is 2.98. The number of amides is 1. The molecule has 1 N–H and O–H groups in total. The first-order valence-corrected chi connectivity index (χ1v) is 9.10. The van der Waals surface area contributed by atoms with Gasteiger partial charge in [-0.05, 0) is 38.3 Å². The highest BCUT2D eigenvalue weighted by atomic mass is 16.1. The second kappa shape index (κ2) is 7.12. The van der Waals surface area contributed by atoms with Crippen LogP contribution in [-0.4, -0.2) is 20.4 Å². The van der Waals surface area contributed by atoms with Crippen LogP contribution in [0.4, 0.5) is 5.69 Å². The number of fused-ring (bicyclic) bond motifs is 1. The number of anilines is 1. The standard InChI is InChI=1S/C21H22N4O/c1-15-8-10-16(11-9-15)20-24-19(18-7-3-2-4-13-25(18)20)21(26)23-17-6-5-12-22-14-17/h5-6,8-12,14H,2-4,7,13H2,1H3,(H,23,26). The quantitative estimate of drug-likeness (QED) is 0.772. The molecule has 1 aromatic carbocycles. The van der Waals surface area contributed by atoms with Crippen molar-refractivity contribution in [3.8, 4) is 11.4 Å². The van der Waals surface area contributed by atoms with E-state index in [1.54, 1.807) is 18.5 Å². The van der Waals surface area contributed by atoms with Crippen molar-refractivity contribution in [1.82, 2.24) is 14.5 Å². The van der Waals surface area contributed by atoms with Gasteiger partial charge in [-0.2, -0.15) is 0 Å². The first kappa shape index (κ1) is 16.5. The van der Waals surface area contributed by atoms with Gasteiger partial charge >= 0.3 is 0 Å². The van der Waals surface area contributed by atoms with Crippen LogP contribution >= 0.6 is 0 Å². The van der Waals surface area contributed by atoms with Crippen molar-refractivity contribution in [1.29, 1.82) is 0 Å². The van der Waals surface area contributed by atoms with Gasteiger partial charge in [0.1, 0.15) is 11.5 Å². The van der Waals surface area contributed by atoms with Gasteiger partial charge in [-0.3, -0.25) is 9.78 Å². The lowest BCUT2D eigenvalue weighted by atomic mass is 10.1. The van der Waals surface area contributed by atoms with Crippen LogP contribution < -0.4 is 5.32 Å². The highest BCUT2D eigenvalue weighted by molar-refractivity contribution is 6.04. The third-order valence-corrected chi connectivity index (χ3v) is 4.81. The summed E-state index contributed by atoms with van der Waals surface area (Å²) in [6.07, 6.45) is 7.60. The van der Waals surface area contributed by atoms with E-state index in [2.05, 4.69) is 46.1 Å². The fourth-order valence-corrected chi connectivity index (χ4v) is 3.45. The molecule has 3 heterocycles. The number of nitrogens with zero attached hydrogens (tertiary/aromatic N) is 3. The summed E-state index contributed by atoms with van der Waals surface area (Å²) in [5.74, 6) is 0.722. The third-order valence-electron chi connectivity index (χ3n) is 4.81. The maximum Gasteiger partial charge on any atom is 0.276 e. The van der Waals surface area contributed by atoms with Gasteiger partial charge in [0, 0.05) is 18.3 Å². The zero-order valence-corrected chi connectivity index (χ0v) is 14.9. The van der Waals surface area contributed by atoms with Crippen molar-refractivity contribution in [2.45, 2.75) is 39.2 Å².